The van der Waals surface area contributed by atoms with Crippen LogP contribution >= 0.6 is 23.2 Å². The smallest absolute Gasteiger partial charge is 0.345 e. The number of nitrogens with zero attached hydrogens (tertiary/aromatic N) is 5. The van der Waals surface area contributed by atoms with Gasteiger partial charge < -0.3 is 14.6 Å². The van der Waals surface area contributed by atoms with Crippen molar-refractivity contribution in [3.05, 3.63) is 76.7 Å². The number of anilines is 2. The molecule has 0 radical (unpaired) electrons. The first-order valence-corrected chi connectivity index (χ1v) is 10.4. The minimum absolute atomic E-state index is 0.0142. The highest BCUT2D eigenvalue weighted by Crippen LogP contribution is 2.39. The number of rotatable bonds is 5. The Hall–Kier alpha value is -3.95. The van der Waals surface area contributed by atoms with Gasteiger partial charge in [0.25, 0.3) is 0 Å². The van der Waals surface area contributed by atoms with Crippen molar-refractivity contribution < 1.29 is 14.1 Å². The zero-order chi connectivity index (χ0) is 22.9. The second-order valence-corrected chi connectivity index (χ2v) is 7.61. The molecule has 0 aliphatic rings. The van der Waals surface area contributed by atoms with E-state index in [4.69, 9.17) is 32.5 Å². The normalized spacial score (nSPS) is 11.0. The first-order chi connectivity index (χ1) is 16.1. The van der Waals surface area contributed by atoms with Gasteiger partial charge in [-0.1, -0.05) is 52.6 Å². The van der Waals surface area contributed by atoms with Gasteiger partial charge in [-0.05, 0) is 24.3 Å². The minimum Gasteiger partial charge on any atom is -0.465 e. The van der Waals surface area contributed by atoms with Crippen molar-refractivity contribution in [2.45, 2.75) is 0 Å². The standard InChI is InChI=1S/C22H14Cl2N6O3/c1-32-22(31)17-18(16-14(23)8-5-9-15(16)24)29-33-21(17)28-19-13-10-27-30(20(13)26-11-25-19)12-6-3-2-4-7-12/h2-11H,1H3,(H,25,26,28). The van der Waals surface area contributed by atoms with Gasteiger partial charge >= 0.3 is 5.97 Å². The number of para-hydroxylation sites is 1. The lowest BCUT2D eigenvalue weighted by molar-refractivity contribution is 0.0602. The van der Waals surface area contributed by atoms with Gasteiger partial charge in [-0.2, -0.15) is 5.10 Å². The molecule has 33 heavy (non-hydrogen) atoms. The van der Waals surface area contributed by atoms with Crippen molar-refractivity contribution in [3.8, 4) is 16.9 Å². The zero-order valence-electron chi connectivity index (χ0n) is 17.0. The number of carbonyl (C=O) groups excluding carboxylic acids is 1. The molecule has 5 rings (SSSR count). The minimum atomic E-state index is -0.685. The summed E-state index contributed by atoms with van der Waals surface area (Å²) < 4.78 is 12.1. The number of esters is 1. The van der Waals surface area contributed by atoms with E-state index in [1.165, 1.54) is 13.4 Å². The zero-order valence-corrected chi connectivity index (χ0v) is 18.5. The molecule has 0 amide bonds. The molecule has 3 aromatic heterocycles. The molecule has 0 fully saturated rings. The van der Waals surface area contributed by atoms with Crippen molar-refractivity contribution in [2.24, 2.45) is 0 Å². The van der Waals surface area contributed by atoms with Crippen LogP contribution in [0.15, 0.2) is 65.6 Å². The van der Waals surface area contributed by atoms with Crippen molar-refractivity contribution in [1.82, 2.24) is 24.9 Å². The summed E-state index contributed by atoms with van der Waals surface area (Å²) in [5, 5.41) is 12.7. The second-order valence-electron chi connectivity index (χ2n) is 6.80. The maximum absolute atomic E-state index is 12.7. The van der Waals surface area contributed by atoms with Crippen molar-refractivity contribution in [3.63, 3.8) is 0 Å². The fourth-order valence-electron chi connectivity index (χ4n) is 3.37. The highest BCUT2D eigenvalue weighted by atomic mass is 35.5. The first kappa shape index (κ1) is 20.9. The summed E-state index contributed by atoms with van der Waals surface area (Å²) in [4.78, 5) is 21.3. The van der Waals surface area contributed by atoms with Crippen molar-refractivity contribution >= 4 is 51.9 Å². The van der Waals surface area contributed by atoms with Gasteiger partial charge in [0.05, 0.1) is 34.4 Å². The second kappa shape index (κ2) is 8.53. The number of halogens is 2. The average Bonchev–Trinajstić information content (AvgIpc) is 3.44. The monoisotopic (exact) mass is 480 g/mol. The molecular formula is C22H14Cl2N6O3. The van der Waals surface area contributed by atoms with Gasteiger partial charge in [-0.15, -0.1) is 0 Å². The number of carbonyl (C=O) groups is 1. The maximum Gasteiger partial charge on any atom is 0.345 e. The maximum atomic E-state index is 12.7. The van der Waals surface area contributed by atoms with Crippen LogP contribution in [0, 0.1) is 0 Å². The van der Waals surface area contributed by atoms with Crippen LogP contribution in [0.3, 0.4) is 0 Å². The third-order valence-corrected chi connectivity index (χ3v) is 5.51. The van der Waals surface area contributed by atoms with E-state index in [1.54, 1.807) is 29.1 Å². The summed E-state index contributed by atoms with van der Waals surface area (Å²) in [5.41, 5.74) is 1.91. The Labute approximate surface area is 196 Å². The summed E-state index contributed by atoms with van der Waals surface area (Å²) in [5.74, 6) is -0.310. The Bertz CT molecular complexity index is 1460. The molecule has 0 bridgehead atoms. The highest BCUT2D eigenvalue weighted by Gasteiger charge is 2.28. The molecule has 3 heterocycles. The number of hydrogen-bond acceptors (Lipinski definition) is 8. The summed E-state index contributed by atoms with van der Waals surface area (Å²) in [6.45, 7) is 0. The summed E-state index contributed by atoms with van der Waals surface area (Å²) in [6, 6.07) is 14.5. The Morgan fingerprint density at radius 2 is 1.82 bits per heavy atom. The molecular weight excluding hydrogens is 467 g/mol. The average molecular weight is 481 g/mol. The van der Waals surface area contributed by atoms with Crippen molar-refractivity contribution in [1.29, 1.82) is 0 Å². The predicted octanol–water partition coefficient (Wildman–Crippen LogP) is 5.31. The molecule has 0 unspecified atom stereocenters. The number of ether oxygens (including phenoxy) is 1. The molecule has 2 aromatic carbocycles. The van der Waals surface area contributed by atoms with Crippen LogP contribution in [0.25, 0.3) is 28.0 Å². The van der Waals surface area contributed by atoms with E-state index < -0.39 is 5.97 Å². The lowest BCUT2D eigenvalue weighted by atomic mass is 10.1. The number of hydrogen-bond donors (Lipinski definition) is 1. The van der Waals surface area contributed by atoms with Crippen LogP contribution in [-0.2, 0) is 4.74 Å². The Morgan fingerprint density at radius 1 is 1.06 bits per heavy atom. The molecule has 0 saturated heterocycles. The van der Waals surface area contributed by atoms with Crippen LogP contribution in [0.5, 0.6) is 0 Å². The highest BCUT2D eigenvalue weighted by molar-refractivity contribution is 6.39. The van der Waals surface area contributed by atoms with E-state index in [9.17, 15) is 4.79 Å². The summed E-state index contributed by atoms with van der Waals surface area (Å²) in [7, 11) is 1.25. The molecule has 1 N–H and O–H groups in total. The van der Waals surface area contributed by atoms with Crippen LogP contribution in [0.4, 0.5) is 11.7 Å². The van der Waals surface area contributed by atoms with Gasteiger partial charge in [-0.25, -0.2) is 19.4 Å². The first-order valence-electron chi connectivity index (χ1n) is 9.62. The summed E-state index contributed by atoms with van der Waals surface area (Å²) >= 11 is 12.6. The predicted molar refractivity (Wildman–Crippen MR) is 123 cm³/mol. The topological polar surface area (TPSA) is 108 Å². The quantitative estimate of drug-likeness (QED) is 0.337. The fourth-order valence-corrected chi connectivity index (χ4v) is 3.95. The van der Waals surface area contributed by atoms with E-state index in [-0.39, 0.29) is 17.1 Å². The largest absolute Gasteiger partial charge is 0.465 e. The van der Waals surface area contributed by atoms with E-state index in [0.29, 0.717) is 32.5 Å². The Kier molecular flexibility index (Phi) is 5.41. The fraction of sp³-hybridized carbons (Fsp3) is 0.0455. The number of aromatic nitrogens is 5. The van der Waals surface area contributed by atoms with Gasteiger partial charge in [-0.3, -0.25) is 0 Å². The Morgan fingerprint density at radius 3 is 2.55 bits per heavy atom. The van der Waals surface area contributed by atoms with Crippen molar-refractivity contribution in [2.75, 3.05) is 12.4 Å². The molecule has 0 saturated carbocycles. The number of benzene rings is 2. The van der Waals surface area contributed by atoms with E-state index in [2.05, 4.69) is 25.5 Å². The molecule has 0 aliphatic carbocycles. The Balaban J connectivity index is 1.61. The molecule has 0 aliphatic heterocycles. The molecule has 9 nitrogen and oxygen atoms in total. The number of methoxy groups -OCH3 is 1. The SMILES string of the molecule is COC(=O)c1c(-c2c(Cl)cccc2Cl)noc1Nc1ncnc2c1cnn2-c1ccccc1. The summed E-state index contributed by atoms with van der Waals surface area (Å²) in [6.07, 6.45) is 3.00. The number of nitrogens with one attached hydrogen (secondary N) is 1. The van der Waals surface area contributed by atoms with Gasteiger partial charge in [0.15, 0.2) is 11.2 Å². The van der Waals surface area contributed by atoms with Crippen LogP contribution in [0.2, 0.25) is 10.0 Å². The third kappa shape index (κ3) is 3.67. The van der Waals surface area contributed by atoms with Crippen LogP contribution < -0.4 is 5.32 Å². The van der Waals surface area contributed by atoms with Crippen LogP contribution in [-0.4, -0.2) is 38.0 Å². The lowest BCUT2D eigenvalue weighted by Gasteiger charge is -2.07. The van der Waals surface area contributed by atoms with Gasteiger partial charge in [0, 0.05) is 5.56 Å². The molecule has 5 aromatic rings. The third-order valence-electron chi connectivity index (χ3n) is 4.88. The van der Waals surface area contributed by atoms with E-state index in [1.807, 2.05) is 30.3 Å². The van der Waals surface area contributed by atoms with Crippen LogP contribution in [0.1, 0.15) is 10.4 Å². The van der Waals surface area contributed by atoms with E-state index >= 15 is 0 Å². The number of fused-ring (bicyclic) bond motifs is 1. The molecule has 11 heteroatoms. The van der Waals surface area contributed by atoms with Gasteiger partial charge in [0.2, 0.25) is 5.88 Å². The van der Waals surface area contributed by atoms with E-state index in [0.717, 1.165) is 5.69 Å². The van der Waals surface area contributed by atoms with Gasteiger partial charge in [0.1, 0.15) is 17.8 Å². The molecule has 0 spiro atoms. The lowest BCUT2D eigenvalue weighted by Crippen LogP contribution is -2.06. The molecule has 164 valence electrons. The molecule has 0 atom stereocenters.